The van der Waals surface area contributed by atoms with Gasteiger partial charge >= 0.3 is 0 Å². The molecule has 1 aromatic rings. The molecule has 1 N–H and O–H groups in total. The van der Waals surface area contributed by atoms with E-state index in [1.54, 1.807) is 0 Å². The summed E-state index contributed by atoms with van der Waals surface area (Å²) in [7, 11) is 0. The highest BCUT2D eigenvalue weighted by Gasteiger charge is 2.07. The zero-order chi connectivity index (χ0) is 12.5. The van der Waals surface area contributed by atoms with E-state index in [2.05, 4.69) is 12.2 Å². The second-order valence-corrected chi connectivity index (χ2v) is 4.07. The molecule has 0 spiro atoms. The van der Waals surface area contributed by atoms with Crippen molar-refractivity contribution in [2.24, 2.45) is 0 Å². The Hall–Kier alpha value is -0.770. The number of nitrogens with one attached hydrogen (secondary N) is 1. The Labute approximate surface area is 108 Å². The highest BCUT2D eigenvalue weighted by atomic mass is 35.5. The number of para-hydroxylation sites is 1. The molecule has 0 saturated heterocycles. The SMILES string of the molecule is CCCNCc1cccc(Cl)c1OCOCC. The molecular formula is C13H20ClNO2. The Bertz CT molecular complexity index is 331. The summed E-state index contributed by atoms with van der Waals surface area (Å²) in [6.07, 6.45) is 1.11. The number of hydrogen-bond donors (Lipinski definition) is 1. The molecule has 0 atom stereocenters. The van der Waals surface area contributed by atoms with Crippen LogP contribution in [0.25, 0.3) is 0 Å². The Morgan fingerprint density at radius 1 is 1.29 bits per heavy atom. The largest absolute Gasteiger partial charge is 0.466 e. The molecule has 0 aliphatic heterocycles. The van der Waals surface area contributed by atoms with Crippen LogP contribution in [0.3, 0.4) is 0 Å². The molecule has 17 heavy (non-hydrogen) atoms. The lowest BCUT2D eigenvalue weighted by Gasteiger charge is -2.13. The molecule has 0 fully saturated rings. The van der Waals surface area contributed by atoms with Crippen molar-refractivity contribution in [2.45, 2.75) is 26.8 Å². The highest BCUT2D eigenvalue weighted by Crippen LogP contribution is 2.28. The minimum absolute atomic E-state index is 0.237. The Morgan fingerprint density at radius 3 is 2.82 bits per heavy atom. The molecule has 0 amide bonds. The molecule has 0 saturated carbocycles. The van der Waals surface area contributed by atoms with Crippen molar-refractivity contribution in [2.75, 3.05) is 19.9 Å². The van der Waals surface area contributed by atoms with E-state index < -0.39 is 0 Å². The van der Waals surface area contributed by atoms with Crippen LogP contribution in [0.4, 0.5) is 0 Å². The van der Waals surface area contributed by atoms with Gasteiger partial charge in [0.05, 0.1) is 5.02 Å². The van der Waals surface area contributed by atoms with Crippen LogP contribution in [0, 0.1) is 0 Å². The Morgan fingerprint density at radius 2 is 2.12 bits per heavy atom. The predicted molar refractivity (Wildman–Crippen MR) is 70.6 cm³/mol. The van der Waals surface area contributed by atoms with Gasteiger partial charge in [-0.25, -0.2) is 0 Å². The van der Waals surface area contributed by atoms with E-state index in [1.165, 1.54) is 0 Å². The van der Waals surface area contributed by atoms with Crippen molar-refractivity contribution in [3.8, 4) is 5.75 Å². The molecule has 0 bridgehead atoms. The Kier molecular flexibility index (Phi) is 7.01. The number of benzene rings is 1. The molecule has 0 aromatic heterocycles. The smallest absolute Gasteiger partial charge is 0.189 e. The van der Waals surface area contributed by atoms with Gasteiger partial charge in [-0.3, -0.25) is 0 Å². The van der Waals surface area contributed by atoms with Crippen LogP contribution in [0.15, 0.2) is 18.2 Å². The van der Waals surface area contributed by atoms with Crippen molar-refractivity contribution in [1.29, 1.82) is 0 Å². The van der Waals surface area contributed by atoms with Crippen molar-refractivity contribution in [3.63, 3.8) is 0 Å². The van der Waals surface area contributed by atoms with E-state index in [9.17, 15) is 0 Å². The van der Waals surface area contributed by atoms with Crippen LogP contribution in [0.5, 0.6) is 5.75 Å². The summed E-state index contributed by atoms with van der Waals surface area (Å²) in [6.45, 7) is 6.68. The standard InChI is InChI=1S/C13H20ClNO2/c1-3-8-15-9-11-6-5-7-12(14)13(11)17-10-16-4-2/h5-7,15H,3-4,8-10H2,1-2H3. The molecule has 96 valence electrons. The van der Waals surface area contributed by atoms with E-state index in [0.29, 0.717) is 17.4 Å². The normalized spacial score (nSPS) is 10.5. The lowest BCUT2D eigenvalue weighted by Crippen LogP contribution is -2.15. The number of hydrogen-bond acceptors (Lipinski definition) is 3. The molecule has 0 heterocycles. The molecule has 0 unspecified atom stereocenters. The summed E-state index contributed by atoms with van der Waals surface area (Å²) in [5.41, 5.74) is 1.06. The van der Waals surface area contributed by atoms with Crippen LogP contribution in [0.1, 0.15) is 25.8 Å². The van der Waals surface area contributed by atoms with Gasteiger partial charge in [-0.1, -0.05) is 30.7 Å². The number of halogens is 1. The highest BCUT2D eigenvalue weighted by molar-refractivity contribution is 6.32. The minimum Gasteiger partial charge on any atom is -0.466 e. The monoisotopic (exact) mass is 257 g/mol. The third-order valence-electron chi connectivity index (χ3n) is 2.28. The second kappa shape index (κ2) is 8.34. The van der Waals surface area contributed by atoms with Crippen LogP contribution in [-0.2, 0) is 11.3 Å². The molecule has 1 rings (SSSR count). The third kappa shape index (κ3) is 4.94. The number of rotatable bonds is 8. The maximum Gasteiger partial charge on any atom is 0.189 e. The van der Waals surface area contributed by atoms with Gasteiger partial charge in [-0.05, 0) is 26.0 Å². The maximum absolute atomic E-state index is 6.11. The first-order chi connectivity index (χ1) is 8.29. The molecule has 1 aromatic carbocycles. The summed E-state index contributed by atoms with van der Waals surface area (Å²) in [5.74, 6) is 0.714. The van der Waals surface area contributed by atoms with Gasteiger partial charge in [0, 0.05) is 18.7 Å². The summed E-state index contributed by atoms with van der Waals surface area (Å²) in [5, 5.41) is 3.96. The first-order valence-corrected chi connectivity index (χ1v) is 6.36. The van der Waals surface area contributed by atoms with E-state index in [-0.39, 0.29) is 6.79 Å². The Balaban J connectivity index is 2.63. The summed E-state index contributed by atoms with van der Waals surface area (Å²) in [4.78, 5) is 0. The van der Waals surface area contributed by atoms with Gasteiger partial charge in [0.1, 0.15) is 5.75 Å². The quantitative estimate of drug-likeness (QED) is 0.573. The van der Waals surface area contributed by atoms with E-state index in [0.717, 1.165) is 25.1 Å². The first-order valence-electron chi connectivity index (χ1n) is 5.98. The van der Waals surface area contributed by atoms with Gasteiger partial charge < -0.3 is 14.8 Å². The molecule has 0 aliphatic carbocycles. The van der Waals surface area contributed by atoms with Gasteiger partial charge in [0.2, 0.25) is 0 Å². The molecule has 0 aliphatic rings. The average Bonchev–Trinajstić information content (AvgIpc) is 2.33. The van der Waals surface area contributed by atoms with Crippen LogP contribution in [-0.4, -0.2) is 19.9 Å². The zero-order valence-corrected chi connectivity index (χ0v) is 11.2. The molecule has 3 nitrogen and oxygen atoms in total. The molecular weight excluding hydrogens is 238 g/mol. The van der Waals surface area contributed by atoms with Gasteiger partial charge in [0.25, 0.3) is 0 Å². The average molecular weight is 258 g/mol. The van der Waals surface area contributed by atoms with E-state index in [1.807, 2.05) is 25.1 Å². The number of ether oxygens (including phenoxy) is 2. The molecule has 0 radical (unpaired) electrons. The summed E-state index contributed by atoms with van der Waals surface area (Å²) < 4.78 is 10.7. The minimum atomic E-state index is 0.237. The van der Waals surface area contributed by atoms with Crippen molar-refractivity contribution in [3.05, 3.63) is 28.8 Å². The summed E-state index contributed by atoms with van der Waals surface area (Å²) >= 11 is 6.11. The third-order valence-corrected chi connectivity index (χ3v) is 2.58. The zero-order valence-electron chi connectivity index (χ0n) is 10.5. The van der Waals surface area contributed by atoms with Crippen molar-refractivity contribution < 1.29 is 9.47 Å². The lowest BCUT2D eigenvalue weighted by atomic mass is 10.2. The van der Waals surface area contributed by atoms with Crippen LogP contribution < -0.4 is 10.1 Å². The van der Waals surface area contributed by atoms with E-state index >= 15 is 0 Å². The fraction of sp³-hybridized carbons (Fsp3) is 0.538. The molecule has 4 heteroatoms. The fourth-order valence-electron chi connectivity index (χ4n) is 1.44. The van der Waals surface area contributed by atoms with E-state index in [4.69, 9.17) is 21.1 Å². The second-order valence-electron chi connectivity index (χ2n) is 3.66. The first kappa shape index (κ1) is 14.3. The van der Waals surface area contributed by atoms with Crippen molar-refractivity contribution >= 4 is 11.6 Å². The van der Waals surface area contributed by atoms with Crippen LogP contribution >= 0.6 is 11.6 Å². The van der Waals surface area contributed by atoms with Gasteiger partial charge in [-0.2, -0.15) is 0 Å². The van der Waals surface area contributed by atoms with Gasteiger partial charge in [-0.15, -0.1) is 0 Å². The predicted octanol–water partition coefficient (Wildman–Crippen LogP) is 3.21. The maximum atomic E-state index is 6.11. The summed E-state index contributed by atoms with van der Waals surface area (Å²) in [6, 6.07) is 5.76. The van der Waals surface area contributed by atoms with Crippen molar-refractivity contribution in [1.82, 2.24) is 5.32 Å². The van der Waals surface area contributed by atoms with Gasteiger partial charge in [0.15, 0.2) is 6.79 Å². The lowest BCUT2D eigenvalue weighted by molar-refractivity contribution is 0.0218. The topological polar surface area (TPSA) is 30.5 Å². The fourth-order valence-corrected chi connectivity index (χ4v) is 1.69. The van der Waals surface area contributed by atoms with Crippen LogP contribution in [0.2, 0.25) is 5.02 Å².